The third-order valence-corrected chi connectivity index (χ3v) is 5.56. The van der Waals surface area contributed by atoms with Crippen molar-refractivity contribution in [2.75, 3.05) is 19.6 Å². The van der Waals surface area contributed by atoms with Gasteiger partial charge in [0, 0.05) is 25.0 Å². The van der Waals surface area contributed by atoms with Crippen LogP contribution in [0.3, 0.4) is 0 Å². The quantitative estimate of drug-likeness (QED) is 0.838. The predicted octanol–water partition coefficient (Wildman–Crippen LogP) is 2.66. The predicted molar refractivity (Wildman–Crippen MR) is 81.4 cm³/mol. The van der Waals surface area contributed by atoms with Gasteiger partial charge in [-0.2, -0.15) is 0 Å². The third kappa shape index (κ3) is 3.03. The van der Waals surface area contributed by atoms with Gasteiger partial charge in [-0.25, -0.2) is 0 Å². The second-order valence-electron chi connectivity index (χ2n) is 7.71. The molecule has 3 heteroatoms. The lowest BCUT2D eigenvalue weighted by atomic mass is 9.87. The fourth-order valence-corrected chi connectivity index (χ4v) is 4.66. The Morgan fingerprint density at radius 1 is 1.25 bits per heavy atom. The Kier molecular flexibility index (Phi) is 4.34. The molecule has 0 spiro atoms. The molecule has 1 heterocycles. The number of carbonyl (C=O) groups is 1. The minimum absolute atomic E-state index is 0.355. The first-order valence-corrected chi connectivity index (χ1v) is 8.65. The average molecular weight is 278 g/mol. The van der Waals surface area contributed by atoms with E-state index in [2.05, 4.69) is 24.1 Å². The topological polar surface area (TPSA) is 32.3 Å². The van der Waals surface area contributed by atoms with Crippen LogP contribution < -0.4 is 5.32 Å². The summed E-state index contributed by atoms with van der Waals surface area (Å²) in [6.07, 6.45) is 7.69. The molecule has 20 heavy (non-hydrogen) atoms. The van der Waals surface area contributed by atoms with Crippen LogP contribution in [0.4, 0.5) is 0 Å². The van der Waals surface area contributed by atoms with Crippen LogP contribution in [0.25, 0.3) is 0 Å². The minimum atomic E-state index is 0.355. The van der Waals surface area contributed by atoms with E-state index < -0.39 is 0 Å². The number of fused-ring (bicyclic) bond motifs is 2. The fraction of sp³-hybridized carbons (Fsp3) is 0.941. The summed E-state index contributed by atoms with van der Waals surface area (Å²) in [5, 5.41) is 3.55. The second kappa shape index (κ2) is 6.05. The van der Waals surface area contributed by atoms with Crippen molar-refractivity contribution in [3.63, 3.8) is 0 Å². The van der Waals surface area contributed by atoms with Crippen molar-refractivity contribution in [1.29, 1.82) is 0 Å². The van der Waals surface area contributed by atoms with Crippen LogP contribution in [-0.4, -0.2) is 36.5 Å². The molecule has 1 aliphatic heterocycles. The molecule has 1 amide bonds. The van der Waals surface area contributed by atoms with Gasteiger partial charge in [0.1, 0.15) is 0 Å². The number of rotatable bonds is 5. The maximum Gasteiger partial charge on any atom is 0.226 e. The van der Waals surface area contributed by atoms with E-state index in [9.17, 15) is 4.79 Å². The summed E-state index contributed by atoms with van der Waals surface area (Å²) in [4.78, 5) is 15.2. The minimum Gasteiger partial charge on any atom is -0.341 e. The van der Waals surface area contributed by atoms with Crippen molar-refractivity contribution in [1.82, 2.24) is 10.2 Å². The van der Waals surface area contributed by atoms with Gasteiger partial charge < -0.3 is 10.2 Å². The van der Waals surface area contributed by atoms with E-state index in [1.54, 1.807) is 0 Å². The van der Waals surface area contributed by atoms with Gasteiger partial charge in [0.2, 0.25) is 5.91 Å². The highest BCUT2D eigenvalue weighted by Gasteiger charge is 2.44. The first kappa shape index (κ1) is 14.4. The number of hydrogen-bond acceptors (Lipinski definition) is 2. The Hall–Kier alpha value is -0.570. The van der Waals surface area contributed by atoms with Crippen molar-refractivity contribution in [2.45, 2.75) is 58.4 Å². The normalized spacial score (nSPS) is 36.0. The van der Waals surface area contributed by atoms with Gasteiger partial charge in [-0.05, 0) is 56.4 Å². The molecule has 1 saturated heterocycles. The van der Waals surface area contributed by atoms with Gasteiger partial charge in [-0.1, -0.05) is 20.3 Å². The lowest BCUT2D eigenvalue weighted by Crippen LogP contribution is -2.46. The van der Waals surface area contributed by atoms with Gasteiger partial charge in [0.05, 0.1) is 0 Å². The number of nitrogens with one attached hydrogen (secondary N) is 1. The Morgan fingerprint density at radius 3 is 2.65 bits per heavy atom. The maximum atomic E-state index is 13.0. The van der Waals surface area contributed by atoms with Crippen LogP contribution in [0, 0.1) is 23.7 Å². The van der Waals surface area contributed by atoms with E-state index in [0.717, 1.165) is 25.6 Å². The Balaban J connectivity index is 1.62. The molecule has 0 aromatic heterocycles. The number of carbonyl (C=O) groups excluding carboxylic acids is 1. The molecule has 4 atom stereocenters. The lowest BCUT2D eigenvalue weighted by molar-refractivity contribution is -0.138. The highest BCUT2D eigenvalue weighted by molar-refractivity contribution is 5.79. The Labute approximate surface area is 123 Å². The average Bonchev–Trinajstić information content (AvgIpc) is 3.13. The fourth-order valence-electron chi connectivity index (χ4n) is 4.66. The van der Waals surface area contributed by atoms with Gasteiger partial charge >= 0.3 is 0 Å². The number of nitrogens with zero attached hydrogens (tertiary/aromatic N) is 1. The molecule has 0 radical (unpaired) electrons. The van der Waals surface area contributed by atoms with Crippen molar-refractivity contribution < 1.29 is 4.79 Å². The molecule has 114 valence electrons. The van der Waals surface area contributed by atoms with Crippen LogP contribution in [-0.2, 0) is 4.79 Å². The smallest absolute Gasteiger partial charge is 0.226 e. The van der Waals surface area contributed by atoms with Crippen molar-refractivity contribution in [2.24, 2.45) is 23.7 Å². The van der Waals surface area contributed by atoms with Gasteiger partial charge in [-0.15, -0.1) is 0 Å². The van der Waals surface area contributed by atoms with Crippen LogP contribution in [0.15, 0.2) is 0 Å². The van der Waals surface area contributed by atoms with Gasteiger partial charge in [0.25, 0.3) is 0 Å². The molecule has 3 nitrogen and oxygen atoms in total. The Morgan fingerprint density at radius 2 is 2.10 bits per heavy atom. The monoisotopic (exact) mass is 278 g/mol. The van der Waals surface area contributed by atoms with E-state index in [4.69, 9.17) is 0 Å². The maximum absolute atomic E-state index is 13.0. The van der Waals surface area contributed by atoms with E-state index in [0.29, 0.717) is 29.7 Å². The summed E-state index contributed by atoms with van der Waals surface area (Å²) >= 11 is 0. The molecule has 3 aliphatic rings. The van der Waals surface area contributed by atoms with E-state index in [1.165, 1.54) is 38.5 Å². The second-order valence-corrected chi connectivity index (χ2v) is 7.71. The summed E-state index contributed by atoms with van der Waals surface area (Å²) in [5.74, 6) is 2.96. The van der Waals surface area contributed by atoms with Crippen molar-refractivity contribution >= 4 is 5.91 Å². The van der Waals surface area contributed by atoms with Crippen molar-refractivity contribution in [3.8, 4) is 0 Å². The van der Waals surface area contributed by atoms with Crippen molar-refractivity contribution in [3.05, 3.63) is 0 Å². The molecule has 2 bridgehead atoms. The molecule has 3 rings (SSSR count). The van der Waals surface area contributed by atoms with Gasteiger partial charge in [0.15, 0.2) is 0 Å². The molecular weight excluding hydrogens is 248 g/mol. The highest BCUT2D eigenvalue weighted by atomic mass is 16.2. The van der Waals surface area contributed by atoms with Gasteiger partial charge in [-0.3, -0.25) is 4.79 Å². The molecule has 3 fully saturated rings. The van der Waals surface area contributed by atoms with Crippen LogP contribution in [0.1, 0.15) is 52.4 Å². The standard InChI is InChI=1S/C17H30N2O/c1-12(2)10-19(11-15-4-3-7-18-15)17(20)16-9-13-5-6-14(16)8-13/h12-16,18H,3-11H2,1-2H3. The largest absolute Gasteiger partial charge is 0.341 e. The summed E-state index contributed by atoms with van der Waals surface area (Å²) in [5.41, 5.74) is 0. The van der Waals surface area contributed by atoms with Crippen LogP contribution in [0.2, 0.25) is 0 Å². The molecule has 2 saturated carbocycles. The highest BCUT2D eigenvalue weighted by Crippen LogP contribution is 2.48. The summed E-state index contributed by atoms with van der Waals surface area (Å²) in [7, 11) is 0. The van der Waals surface area contributed by atoms with E-state index in [1.807, 2.05) is 0 Å². The SMILES string of the molecule is CC(C)CN(CC1CCCN1)C(=O)C1CC2CCC1C2. The molecule has 1 N–H and O–H groups in total. The van der Waals surface area contributed by atoms with Crippen LogP contribution >= 0.6 is 0 Å². The van der Waals surface area contributed by atoms with Crippen LogP contribution in [0.5, 0.6) is 0 Å². The zero-order chi connectivity index (χ0) is 14.1. The molecule has 0 aromatic rings. The van der Waals surface area contributed by atoms with E-state index >= 15 is 0 Å². The summed E-state index contributed by atoms with van der Waals surface area (Å²) in [6, 6.07) is 0.538. The number of amides is 1. The molecule has 2 aliphatic carbocycles. The van der Waals surface area contributed by atoms with E-state index in [-0.39, 0.29) is 0 Å². The Bertz CT molecular complexity index is 349. The summed E-state index contributed by atoms with van der Waals surface area (Å²) < 4.78 is 0. The lowest BCUT2D eigenvalue weighted by Gasteiger charge is -2.32. The molecular formula is C17H30N2O. The summed E-state index contributed by atoms with van der Waals surface area (Å²) in [6.45, 7) is 7.45. The first-order valence-electron chi connectivity index (χ1n) is 8.65. The zero-order valence-electron chi connectivity index (χ0n) is 13.1. The molecule has 4 unspecified atom stereocenters. The first-order chi connectivity index (χ1) is 9.63. The molecule has 0 aromatic carbocycles. The third-order valence-electron chi connectivity index (χ3n) is 5.56. The number of hydrogen-bond donors (Lipinski definition) is 1. The zero-order valence-corrected chi connectivity index (χ0v) is 13.1.